The van der Waals surface area contributed by atoms with Gasteiger partial charge >= 0.3 is 0 Å². The van der Waals surface area contributed by atoms with E-state index in [0.29, 0.717) is 0 Å². The van der Waals surface area contributed by atoms with Crippen LogP contribution in [0.5, 0.6) is 0 Å². The van der Waals surface area contributed by atoms with Crippen molar-refractivity contribution < 1.29 is 4.42 Å². The minimum absolute atomic E-state index is 0.770. The predicted octanol–water partition coefficient (Wildman–Crippen LogP) is 2.30. The van der Waals surface area contributed by atoms with Crippen LogP contribution in [0.25, 0.3) is 11.1 Å². The van der Waals surface area contributed by atoms with Crippen LogP contribution in [0.1, 0.15) is 5.89 Å². The quantitative estimate of drug-likeness (QED) is 0.716. The highest BCUT2D eigenvalue weighted by atomic mass is 32.1. The fraction of sp³-hybridized carbons (Fsp3) is 0.222. The molecular formula is C9H9NOS. The van der Waals surface area contributed by atoms with Crippen molar-refractivity contribution in [2.75, 3.05) is 5.75 Å². The van der Waals surface area contributed by atoms with Crippen LogP contribution >= 0.6 is 12.6 Å². The number of oxazole rings is 1. The zero-order chi connectivity index (χ0) is 8.39. The van der Waals surface area contributed by atoms with Crippen LogP contribution in [0.4, 0.5) is 0 Å². The Hall–Kier alpha value is -0.960. The Bertz CT molecular complexity index is 350. The molecule has 0 aliphatic rings. The zero-order valence-electron chi connectivity index (χ0n) is 6.53. The molecule has 0 fully saturated rings. The molecule has 3 heteroatoms. The number of fused-ring (bicyclic) bond motifs is 1. The van der Waals surface area contributed by atoms with Crippen LogP contribution in [-0.2, 0) is 6.42 Å². The fourth-order valence-electron chi connectivity index (χ4n) is 1.12. The van der Waals surface area contributed by atoms with E-state index in [2.05, 4.69) is 17.6 Å². The topological polar surface area (TPSA) is 26.0 Å². The van der Waals surface area contributed by atoms with Crippen LogP contribution in [0.3, 0.4) is 0 Å². The van der Waals surface area contributed by atoms with Gasteiger partial charge in [-0.15, -0.1) is 0 Å². The summed E-state index contributed by atoms with van der Waals surface area (Å²) in [6.07, 6.45) is 0.789. The molecule has 62 valence electrons. The van der Waals surface area contributed by atoms with Crippen LogP contribution in [0.15, 0.2) is 28.7 Å². The van der Waals surface area contributed by atoms with E-state index in [4.69, 9.17) is 4.42 Å². The molecule has 0 saturated carbocycles. The van der Waals surface area contributed by atoms with Gasteiger partial charge in [-0.1, -0.05) is 12.1 Å². The molecule has 0 bridgehead atoms. The van der Waals surface area contributed by atoms with Gasteiger partial charge < -0.3 is 4.42 Å². The largest absolute Gasteiger partial charge is 0.441 e. The lowest BCUT2D eigenvalue weighted by Gasteiger charge is -1.84. The third kappa shape index (κ3) is 1.32. The van der Waals surface area contributed by atoms with Crippen LogP contribution in [-0.4, -0.2) is 10.7 Å². The first-order chi connectivity index (χ1) is 5.90. The van der Waals surface area contributed by atoms with Gasteiger partial charge in [0.05, 0.1) is 0 Å². The van der Waals surface area contributed by atoms with Gasteiger partial charge in [0.15, 0.2) is 11.5 Å². The van der Waals surface area contributed by atoms with Gasteiger partial charge in [-0.05, 0) is 17.9 Å². The van der Waals surface area contributed by atoms with Gasteiger partial charge in [0, 0.05) is 6.42 Å². The Morgan fingerprint density at radius 1 is 1.33 bits per heavy atom. The normalized spacial score (nSPS) is 10.8. The zero-order valence-corrected chi connectivity index (χ0v) is 7.42. The second-order valence-corrected chi connectivity index (χ2v) is 3.00. The smallest absolute Gasteiger partial charge is 0.196 e. The van der Waals surface area contributed by atoms with Crippen molar-refractivity contribution in [3.8, 4) is 0 Å². The summed E-state index contributed by atoms with van der Waals surface area (Å²) in [5.74, 6) is 1.54. The molecule has 2 aromatic rings. The fourth-order valence-corrected chi connectivity index (χ4v) is 1.31. The summed E-state index contributed by atoms with van der Waals surface area (Å²) in [6.45, 7) is 0. The highest BCUT2D eigenvalue weighted by Gasteiger charge is 2.02. The average molecular weight is 179 g/mol. The number of nitrogens with zero attached hydrogens (tertiary/aromatic N) is 1. The number of aromatic nitrogens is 1. The standard InChI is InChI=1S/C9H9NOS/c12-6-5-9-10-7-3-1-2-4-8(7)11-9/h1-4,12H,5-6H2. The van der Waals surface area contributed by atoms with Gasteiger partial charge in [0.25, 0.3) is 0 Å². The molecule has 0 atom stereocenters. The molecule has 1 aromatic heterocycles. The van der Waals surface area contributed by atoms with Gasteiger partial charge in [0.1, 0.15) is 5.52 Å². The van der Waals surface area contributed by atoms with E-state index in [1.807, 2.05) is 24.3 Å². The molecule has 0 amide bonds. The molecule has 2 nitrogen and oxygen atoms in total. The van der Waals surface area contributed by atoms with Gasteiger partial charge in [-0.3, -0.25) is 0 Å². The minimum atomic E-state index is 0.770. The summed E-state index contributed by atoms with van der Waals surface area (Å²) in [7, 11) is 0. The number of hydrogen-bond acceptors (Lipinski definition) is 3. The van der Waals surface area contributed by atoms with Gasteiger partial charge in [0.2, 0.25) is 0 Å². The average Bonchev–Trinajstić information content (AvgIpc) is 2.47. The van der Waals surface area contributed by atoms with E-state index in [-0.39, 0.29) is 0 Å². The Kier molecular flexibility index (Phi) is 2.04. The van der Waals surface area contributed by atoms with Crippen molar-refractivity contribution in [1.82, 2.24) is 4.98 Å². The minimum Gasteiger partial charge on any atom is -0.441 e. The maximum atomic E-state index is 5.45. The lowest BCUT2D eigenvalue weighted by Crippen LogP contribution is -1.83. The summed E-state index contributed by atoms with van der Waals surface area (Å²) < 4.78 is 5.45. The predicted molar refractivity (Wildman–Crippen MR) is 51.6 cm³/mol. The number of aryl methyl sites for hydroxylation is 1. The van der Waals surface area contributed by atoms with Crippen molar-refractivity contribution in [3.63, 3.8) is 0 Å². The molecule has 0 aliphatic carbocycles. The molecule has 0 N–H and O–H groups in total. The SMILES string of the molecule is SCCc1nc2ccccc2o1. The van der Waals surface area contributed by atoms with Gasteiger partial charge in [-0.25, -0.2) is 4.98 Å². The molecule has 0 radical (unpaired) electrons. The number of thiol groups is 1. The highest BCUT2D eigenvalue weighted by Crippen LogP contribution is 2.14. The Labute approximate surface area is 76.0 Å². The van der Waals surface area contributed by atoms with Crippen LogP contribution in [0, 0.1) is 0 Å². The second kappa shape index (κ2) is 3.19. The van der Waals surface area contributed by atoms with E-state index < -0.39 is 0 Å². The molecule has 0 saturated heterocycles. The molecule has 1 heterocycles. The molecule has 1 aromatic carbocycles. The maximum Gasteiger partial charge on any atom is 0.196 e. The first kappa shape index (κ1) is 7.68. The number of hydrogen-bond donors (Lipinski definition) is 1. The van der Waals surface area contributed by atoms with E-state index in [0.717, 1.165) is 29.2 Å². The van der Waals surface area contributed by atoms with Gasteiger partial charge in [-0.2, -0.15) is 12.6 Å². The van der Waals surface area contributed by atoms with Crippen LogP contribution in [0.2, 0.25) is 0 Å². The van der Waals surface area contributed by atoms with Crippen molar-refractivity contribution in [3.05, 3.63) is 30.2 Å². The van der Waals surface area contributed by atoms with E-state index in [1.54, 1.807) is 0 Å². The van der Waals surface area contributed by atoms with Crippen molar-refractivity contribution in [2.45, 2.75) is 6.42 Å². The van der Waals surface area contributed by atoms with E-state index in [9.17, 15) is 0 Å². The second-order valence-electron chi connectivity index (χ2n) is 2.55. The van der Waals surface area contributed by atoms with Crippen molar-refractivity contribution in [2.24, 2.45) is 0 Å². The third-order valence-corrected chi connectivity index (χ3v) is 1.89. The summed E-state index contributed by atoms with van der Waals surface area (Å²) >= 11 is 4.11. The highest BCUT2D eigenvalue weighted by molar-refractivity contribution is 7.80. The van der Waals surface area contributed by atoms with E-state index in [1.165, 1.54) is 0 Å². The Morgan fingerprint density at radius 2 is 2.17 bits per heavy atom. The molecular weight excluding hydrogens is 170 g/mol. The Morgan fingerprint density at radius 3 is 2.92 bits per heavy atom. The first-order valence-electron chi connectivity index (χ1n) is 3.85. The number of benzene rings is 1. The molecule has 0 aliphatic heterocycles. The third-order valence-electron chi connectivity index (χ3n) is 1.66. The lowest BCUT2D eigenvalue weighted by atomic mass is 10.3. The first-order valence-corrected chi connectivity index (χ1v) is 4.49. The van der Waals surface area contributed by atoms with Crippen molar-refractivity contribution >= 4 is 23.7 Å². The molecule has 12 heavy (non-hydrogen) atoms. The summed E-state index contributed by atoms with van der Waals surface area (Å²) in [6, 6.07) is 7.76. The summed E-state index contributed by atoms with van der Waals surface area (Å²) in [5.41, 5.74) is 1.78. The molecule has 2 rings (SSSR count). The Balaban J connectivity index is 2.47. The summed E-state index contributed by atoms with van der Waals surface area (Å²) in [5, 5.41) is 0. The number of para-hydroxylation sites is 2. The lowest BCUT2D eigenvalue weighted by molar-refractivity contribution is 0.540. The maximum absolute atomic E-state index is 5.45. The van der Waals surface area contributed by atoms with Crippen molar-refractivity contribution in [1.29, 1.82) is 0 Å². The van der Waals surface area contributed by atoms with Crippen LogP contribution < -0.4 is 0 Å². The molecule has 0 unspecified atom stereocenters. The van der Waals surface area contributed by atoms with E-state index >= 15 is 0 Å². The monoisotopic (exact) mass is 179 g/mol. The number of rotatable bonds is 2. The molecule has 0 spiro atoms. The summed E-state index contributed by atoms with van der Waals surface area (Å²) in [4.78, 5) is 4.29.